The third kappa shape index (κ3) is 3.26. The number of methoxy groups -OCH3 is 1. The fourth-order valence-corrected chi connectivity index (χ4v) is 2.54. The molecule has 0 aliphatic heterocycles. The van der Waals surface area contributed by atoms with Crippen molar-refractivity contribution in [3.63, 3.8) is 0 Å². The van der Waals surface area contributed by atoms with Gasteiger partial charge < -0.3 is 10.1 Å². The summed E-state index contributed by atoms with van der Waals surface area (Å²) in [6.07, 6.45) is 6.76. The lowest BCUT2D eigenvalue weighted by molar-refractivity contribution is 0.0170. The van der Waals surface area contributed by atoms with Gasteiger partial charge in [-0.2, -0.15) is 5.10 Å². The van der Waals surface area contributed by atoms with Crippen molar-refractivity contribution in [2.45, 2.75) is 38.1 Å². The predicted octanol–water partition coefficient (Wildman–Crippen LogP) is 2.20. The van der Waals surface area contributed by atoms with Crippen molar-refractivity contribution in [2.24, 2.45) is 0 Å². The monoisotopic (exact) mass is 271 g/mol. The normalized spacial score (nSPS) is 21.6. The van der Waals surface area contributed by atoms with E-state index in [1.807, 2.05) is 16.9 Å². The van der Waals surface area contributed by atoms with Gasteiger partial charge in [0.2, 0.25) is 0 Å². The summed E-state index contributed by atoms with van der Waals surface area (Å²) in [6.45, 7) is 1.71. The Kier molecular flexibility index (Phi) is 4.14. The van der Waals surface area contributed by atoms with Crippen molar-refractivity contribution in [3.8, 4) is 0 Å². The molecule has 0 atom stereocenters. The molecule has 1 aliphatic rings. The topological polar surface area (TPSA) is 39.1 Å². The number of hydrogen-bond acceptors (Lipinski definition) is 3. The van der Waals surface area contributed by atoms with E-state index in [0.29, 0.717) is 12.1 Å². The van der Waals surface area contributed by atoms with Crippen LogP contribution in [0.1, 0.15) is 24.0 Å². The molecule has 4 nitrogen and oxygen atoms in total. The average molecular weight is 271 g/mol. The molecule has 0 bridgehead atoms. The Labute approximate surface area is 119 Å². The van der Waals surface area contributed by atoms with Crippen molar-refractivity contribution < 1.29 is 4.74 Å². The van der Waals surface area contributed by atoms with Gasteiger partial charge in [-0.05, 0) is 18.4 Å². The summed E-state index contributed by atoms with van der Waals surface area (Å²) < 4.78 is 7.27. The lowest BCUT2D eigenvalue weighted by atomic mass is 9.89. The third-order valence-corrected chi connectivity index (χ3v) is 3.90. The minimum atomic E-state index is 0.452. The van der Waals surface area contributed by atoms with Gasteiger partial charge in [-0.15, -0.1) is 0 Å². The molecule has 1 aliphatic carbocycles. The van der Waals surface area contributed by atoms with Crippen molar-refractivity contribution in [2.75, 3.05) is 7.11 Å². The Morgan fingerprint density at radius 3 is 2.80 bits per heavy atom. The molecule has 106 valence electrons. The number of aromatic nitrogens is 2. The first-order valence-electron chi connectivity index (χ1n) is 7.15. The average Bonchev–Trinajstić information content (AvgIpc) is 2.86. The second-order valence-corrected chi connectivity index (χ2v) is 5.44. The van der Waals surface area contributed by atoms with E-state index in [4.69, 9.17) is 4.74 Å². The SMILES string of the molecule is COC1CC(NCc2cnn(Cc3ccccc3)c2)C1. The van der Waals surface area contributed by atoms with E-state index in [0.717, 1.165) is 25.9 Å². The first-order chi connectivity index (χ1) is 9.83. The molecule has 3 rings (SSSR count). The van der Waals surface area contributed by atoms with E-state index in [9.17, 15) is 0 Å². The summed E-state index contributed by atoms with van der Waals surface area (Å²) in [5.74, 6) is 0. The molecule has 0 radical (unpaired) electrons. The quantitative estimate of drug-likeness (QED) is 0.875. The van der Waals surface area contributed by atoms with E-state index in [1.165, 1.54) is 11.1 Å². The zero-order chi connectivity index (χ0) is 13.8. The first-order valence-corrected chi connectivity index (χ1v) is 7.15. The summed E-state index contributed by atoms with van der Waals surface area (Å²) in [7, 11) is 1.79. The minimum Gasteiger partial charge on any atom is -0.381 e. The highest BCUT2D eigenvalue weighted by Crippen LogP contribution is 2.22. The van der Waals surface area contributed by atoms with Gasteiger partial charge in [-0.25, -0.2) is 0 Å². The van der Waals surface area contributed by atoms with Crippen LogP contribution in [0.5, 0.6) is 0 Å². The van der Waals surface area contributed by atoms with Gasteiger partial charge in [-0.3, -0.25) is 4.68 Å². The largest absolute Gasteiger partial charge is 0.381 e. The van der Waals surface area contributed by atoms with Crippen LogP contribution < -0.4 is 5.32 Å². The highest BCUT2D eigenvalue weighted by Gasteiger charge is 2.28. The molecule has 1 fully saturated rings. The molecule has 4 heteroatoms. The fourth-order valence-electron chi connectivity index (χ4n) is 2.54. The van der Waals surface area contributed by atoms with Gasteiger partial charge in [0.15, 0.2) is 0 Å². The Morgan fingerprint density at radius 1 is 1.25 bits per heavy atom. The van der Waals surface area contributed by atoms with Crippen LogP contribution in [0.3, 0.4) is 0 Å². The number of nitrogens with one attached hydrogen (secondary N) is 1. The molecule has 1 N–H and O–H groups in total. The molecule has 20 heavy (non-hydrogen) atoms. The highest BCUT2D eigenvalue weighted by molar-refractivity contribution is 5.15. The number of rotatable bonds is 6. The zero-order valence-corrected chi connectivity index (χ0v) is 11.8. The first kappa shape index (κ1) is 13.3. The van der Waals surface area contributed by atoms with Crippen LogP contribution in [0.2, 0.25) is 0 Å². The number of benzene rings is 1. The Morgan fingerprint density at radius 2 is 2.05 bits per heavy atom. The van der Waals surface area contributed by atoms with E-state index in [1.54, 1.807) is 7.11 Å². The molecular formula is C16H21N3O. The van der Waals surface area contributed by atoms with Gasteiger partial charge in [0.25, 0.3) is 0 Å². The molecule has 0 saturated heterocycles. The standard InChI is InChI=1S/C16H21N3O/c1-20-16-7-15(8-16)17-9-14-10-18-19(12-14)11-13-5-3-2-4-6-13/h2-6,10,12,15-17H,7-9,11H2,1H3. The number of ether oxygens (including phenoxy) is 1. The molecule has 0 spiro atoms. The van der Waals surface area contributed by atoms with Crippen LogP contribution in [0.4, 0.5) is 0 Å². The van der Waals surface area contributed by atoms with Crippen molar-refractivity contribution >= 4 is 0 Å². The van der Waals surface area contributed by atoms with Crippen molar-refractivity contribution in [1.82, 2.24) is 15.1 Å². The van der Waals surface area contributed by atoms with Crippen LogP contribution in [0.15, 0.2) is 42.7 Å². The van der Waals surface area contributed by atoms with Crippen LogP contribution in [0, 0.1) is 0 Å². The molecule has 1 saturated carbocycles. The molecule has 1 aromatic heterocycles. The Balaban J connectivity index is 1.47. The summed E-state index contributed by atoms with van der Waals surface area (Å²) in [5.41, 5.74) is 2.51. The lowest BCUT2D eigenvalue weighted by Gasteiger charge is -2.34. The van der Waals surface area contributed by atoms with Gasteiger partial charge in [0.1, 0.15) is 0 Å². The molecule has 0 unspecified atom stereocenters. The maximum atomic E-state index is 5.28. The van der Waals surface area contributed by atoms with Crippen molar-refractivity contribution in [1.29, 1.82) is 0 Å². The smallest absolute Gasteiger partial charge is 0.0659 e. The second-order valence-electron chi connectivity index (χ2n) is 5.44. The second kappa shape index (κ2) is 6.20. The molecule has 1 heterocycles. The van der Waals surface area contributed by atoms with Gasteiger partial charge in [0, 0.05) is 31.5 Å². The van der Waals surface area contributed by atoms with E-state index >= 15 is 0 Å². The highest BCUT2D eigenvalue weighted by atomic mass is 16.5. The Hall–Kier alpha value is -1.65. The molecule has 0 amide bonds. The third-order valence-electron chi connectivity index (χ3n) is 3.90. The number of hydrogen-bond donors (Lipinski definition) is 1. The van der Waals surface area contributed by atoms with Crippen molar-refractivity contribution in [3.05, 3.63) is 53.9 Å². The van der Waals surface area contributed by atoms with Crippen LogP contribution >= 0.6 is 0 Å². The van der Waals surface area contributed by atoms with Crippen LogP contribution in [-0.2, 0) is 17.8 Å². The maximum absolute atomic E-state index is 5.28. The van der Waals surface area contributed by atoms with E-state index in [2.05, 4.69) is 40.9 Å². The molecule has 1 aromatic carbocycles. The number of nitrogens with zero attached hydrogens (tertiary/aromatic N) is 2. The summed E-state index contributed by atoms with van der Waals surface area (Å²) >= 11 is 0. The zero-order valence-electron chi connectivity index (χ0n) is 11.8. The van der Waals surface area contributed by atoms with Gasteiger partial charge in [0.05, 0.1) is 18.8 Å². The van der Waals surface area contributed by atoms with E-state index in [-0.39, 0.29) is 0 Å². The predicted molar refractivity (Wildman–Crippen MR) is 78.4 cm³/mol. The molecular weight excluding hydrogens is 250 g/mol. The minimum absolute atomic E-state index is 0.452. The summed E-state index contributed by atoms with van der Waals surface area (Å²) in [4.78, 5) is 0. The lowest BCUT2D eigenvalue weighted by Crippen LogP contribution is -2.44. The maximum Gasteiger partial charge on any atom is 0.0659 e. The van der Waals surface area contributed by atoms with Gasteiger partial charge in [-0.1, -0.05) is 30.3 Å². The van der Waals surface area contributed by atoms with Crippen LogP contribution in [0.25, 0.3) is 0 Å². The van der Waals surface area contributed by atoms with E-state index < -0.39 is 0 Å². The summed E-state index contributed by atoms with van der Waals surface area (Å²) in [6, 6.07) is 11.0. The summed E-state index contributed by atoms with van der Waals surface area (Å²) in [5, 5.41) is 7.96. The van der Waals surface area contributed by atoms with Gasteiger partial charge >= 0.3 is 0 Å². The Bertz CT molecular complexity index is 532. The fraction of sp³-hybridized carbons (Fsp3) is 0.438. The molecule has 2 aromatic rings. The van der Waals surface area contributed by atoms with Crippen LogP contribution in [-0.4, -0.2) is 29.0 Å².